The van der Waals surface area contributed by atoms with Crippen molar-refractivity contribution in [3.05, 3.63) is 29.3 Å². The van der Waals surface area contributed by atoms with Gasteiger partial charge in [0.15, 0.2) is 0 Å². The predicted molar refractivity (Wildman–Crippen MR) is 114 cm³/mol. The van der Waals surface area contributed by atoms with E-state index < -0.39 is 19.0 Å². The third-order valence-electron chi connectivity index (χ3n) is 5.86. The van der Waals surface area contributed by atoms with Crippen LogP contribution < -0.4 is 21.0 Å². The lowest BCUT2D eigenvalue weighted by Gasteiger charge is -2.32. The fraction of sp³-hybridized carbons (Fsp3) is 0.619. The summed E-state index contributed by atoms with van der Waals surface area (Å²) in [6, 6.07) is 5.28. The second kappa shape index (κ2) is 9.37. The Bertz CT molecular complexity index is 774. The number of hydrogen-bond acceptors (Lipinski definition) is 6. The van der Waals surface area contributed by atoms with Gasteiger partial charge in [-0.1, -0.05) is 12.1 Å². The second-order valence-electron chi connectivity index (χ2n) is 9.28. The maximum Gasteiger partial charge on any atom is 0.547 e. The van der Waals surface area contributed by atoms with Crippen LogP contribution in [0.2, 0.25) is 0 Å². The fourth-order valence-electron chi connectivity index (χ4n) is 4.22. The average Bonchev–Trinajstić information content (AvgIpc) is 2.67. The Hall–Kier alpha value is -2.10. The topological polar surface area (TPSA) is 134 Å². The molecule has 1 amide bonds. The van der Waals surface area contributed by atoms with E-state index in [0.717, 1.165) is 32.2 Å². The molecule has 0 radical (unpaired) electrons. The van der Waals surface area contributed by atoms with Crippen LogP contribution in [0.25, 0.3) is 0 Å². The lowest BCUT2D eigenvalue weighted by Crippen LogP contribution is -2.53. The summed E-state index contributed by atoms with van der Waals surface area (Å²) in [5, 5.41) is 25.9. The van der Waals surface area contributed by atoms with Gasteiger partial charge in [0.25, 0.3) is 0 Å². The third kappa shape index (κ3) is 5.96. The van der Waals surface area contributed by atoms with Crippen LogP contribution in [0.5, 0.6) is 5.75 Å². The Morgan fingerprint density at radius 2 is 1.97 bits per heavy atom. The molecule has 9 heteroatoms. The minimum atomic E-state index is -1.28. The van der Waals surface area contributed by atoms with Crippen molar-refractivity contribution in [3.63, 3.8) is 0 Å². The Kier molecular flexibility index (Phi) is 7.05. The van der Waals surface area contributed by atoms with Gasteiger partial charge in [-0.25, -0.2) is 4.79 Å². The van der Waals surface area contributed by atoms with E-state index >= 15 is 0 Å². The van der Waals surface area contributed by atoms with Gasteiger partial charge in [-0.15, -0.1) is 0 Å². The van der Waals surface area contributed by atoms with Crippen molar-refractivity contribution >= 4 is 19.0 Å². The number of carboxylic acid groups (broad SMARTS) is 1. The van der Waals surface area contributed by atoms with Gasteiger partial charge >= 0.3 is 13.1 Å². The van der Waals surface area contributed by atoms with E-state index in [1.807, 2.05) is 13.8 Å². The van der Waals surface area contributed by atoms with E-state index in [-0.39, 0.29) is 22.8 Å². The molecule has 2 aliphatic rings. The van der Waals surface area contributed by atoms with E-state index in [1.165, 1.54) is 6.07 Å². The number of carbonyl (C=O) groups excluding carboxylic acids is 1. The molecule has 1 aliphatic heterocycles. The number of carboxylic acids is 1. The minimum Gasteiger partial charge on any atom is -0.534 e. The number of benzene rings is 1. The van der Waals surface area contributed by atoms with Crippen LogP contribution >= 0.6 is 0 Å². The van der Waals surface area contributed by atoms with Crippen molar-refractivity contribution in [3.8, 4) is 5.75 Å². The molecule has 0 aromatic heterocycles. The molecule has 30 heavy (non-hydrogen) atoms. The van der Waals surface area contributed by atoms with E-state index in [2.05, 4.69) is 10.6 Å². The standard InChI is InChI=1S/C21H32BN3O5/c1-21(2,23)12-24-15-8-6-13(7-9-15)10-18(26)25-17-11-14-4-3-5-16(20(27)28)19(14)30-22(17)29/h3-5,13,15,17,24,29H,6-12,23H2,1-2H3,(H,25,26)(H,27,28). The predicted octanol–water partition coefficient (Wildman–Crippen LogP) is 1.10. The summed E-state index contributed by atoms with van der Waals surface area (Å²) in [7, 11) is -1.28. The molecule has 0 bridgehead atoms. The third-order valence-corrected chi connectivity index (χ3v) is 5.86. The van der Waals surface area contributed by atoms with Crippen LogP contribution in [-0.4, -0.2) is 53.2 Å². The van der Waals surface area contributed by atoms with Gasteiger partial charge in [0.05, 0.1) is 11.5 Å². The highest BCUT2D eigenvalue weighted by atomic mass is 16.5. The van der Waals surface area contributed by atoms with Gasteiger partial charge in [0, 0.05) is 24.5 Å². The molecule has 6 N–H and O–H groups in total. The van der Waals surface area contributed by atoms with Gasteiger partial charge in [0.2, 0.25) is 5.91 Å². The first-order chi connectivity index (χ1) is 14.1. The molecule has 0 saturated heterocycles. The van der Waals surface area contributed by atoms with Crippen LogP contribution in [0, 0.1) is 5.92 Å². The highest BCUT2D eigenvalue weighted by molar-refractivity contribution is 6.47. The number of rotatable bonds is 7. The first kappa shape index (κ1) is 22.6. The molecule has 164 valence electrons. The van der Waals surface area contributed by atoms with Gasteiger partial charge in [-0.3, -0.25) is 4.79 Å². The summed E-state index contributed by atoms with van der Waals surface area (Å²) in [5.41, 5.74) is 6.47. The number of amides is 1. The van der Waals surface area contributed by atoms with Gasteiger partial charge < -0.3 is 31.2 Å². The second-order valence-corrected chi connectivity index (χ2v) is 9.28. The van der Waals surface area contributed by atoms with Gasteiger partial charge in [0.1, 0.15) is 5.75 Å². The molecular weight excluding hydrogens is 385 g/mol. The van der Waals surface area contributed by atoms with Crippen molar-refractivity contribution in [1.29, 1.82) is 0 Å². The Morgan fingerprint density at radius 1 is 1.27 bits per heavy atom. The van der Waals surface area contributed by atoms with E-state index in [9.17, 15) is 19.7 Å². The molecule has 1 atom stereocenters. The van der Waals surface area contributed by atoms with Crippen molar-refractivity contribution in [2.75, 3.05) is 6.54 Å². The normalized spacial score (nSPS) is 24.0. The monoisotopic (exact) mass is 417 g/mol. The smallest absolute Gasteiger partial charge is 0.534 e. The molecule has 8 nitrogen and oxygen atoms in total. The van der Waals surface area contributed by atoms with Crippen molar-refractivity contribution in [1.82, 2.24) is 10.6 Å². The molecule has 1 aromatic rings. The molecule has 1 aromatic carbocycles. The lowest BCUT2D eigenvalue weighted by atomic mass is 9.72. The Balaban J connectivity index is 1.48. The Morgan fingerprint density at radius 3 is 2.60 bits per heavy atom. The lowest BCUT2D eigenvalue weighted by molar-refractivity contribution is -0.122. The van der Waals surface area contributed by atoms with Crippen molar-refractivity contribution in [2.24, 2.45) is 11.7 Å². The SMILES string of the molecule is CC(C)(N)CNC1CCC(CC(=O)NC2Cc3cccc(C(=O)O)c3OB2O)CC1. The summed E-state index contributed by atoms with van der Waals surface area (Å²) in [6.45, 7) is 4.77. The number of fused-ring (bicyclic) bond motifs is 1. The van der Waals surface area contributed by atoms with E-state index in [4.69, 9.17) is 10.4 Å². The zero-order valence-corrected chi connectivity index (χ0v) is 17.7. The maximum absolute atomic E-state index is 12.5. The van der Waals surface area contributed by atoms with Gasteiger partial charge in [-0.05, 0) is 63.5 Å². The van der Waals surface area contributed by atoms with Crippen LogP contribution in [0.3, 0.4) is 0 Å². The van der Waals surface area contributed by atoms with Gasteiger partial charge in [-0.2, -0.15) is 0 Å². The number of nitrogens with two attached hydrogens (primary N) is 1. The van der Waals surface area contributed by atoms with Crippen molar-refractivity contribution in [2.45, 2.75) is 69.9 Å². The van der Waals surface area contributed by atoms with Crippen LogP contribution in [0.15, 0.2) is 18.2 Å². The molecule has 1 heterocycles. The average molecular weight is 417 g/mol. The molecular formula is C21H32BN3O5. The highest BCUT2D eigenvalue weighted by Gasteiger charge is 2.38. The number of aromatic carboxylic acids is 1. The minimum absolute atomic E-state index is 0.0136. The summed E-state index contributed by atoms with van der Waals surface area (Å²) in [5.74, 6) is -1.32. The zero-order valence-electron chi connectivity index (χ0n) is 17.7. The van der Waals surface area contributed by atoms with E-state index in [1.54, 1.807) is 12.1 Å². The Labute approximate surface area is 177 Å². The molecule has 1 aliphatic carbocycles. The number of nitrogens with one attached hydrogen (secondary N) is 2. The van der Waals surface area contributed by atoms with Crippen molar-refractivity contribution < 1.29 is 24.4 Å². The molecule has 3 rings (SSSR count). The van der Waals surface area contributed by atoms with Crippen LogP contribution in [-0.2, 0) is 11.2 Å². The van der Waals surface area contributed by atoms with Crippen LogP contribution in [0.1, 0.15) is 61.9 Å². The molecule has 1 saturated carbocycles. The summed E-state index contributed by atoms with van der Waals surface area (Å²) >= 11 is 0. The number of hydrogen-bond donors (Lipinski definition) is 5. The first-order valence-corrected chi connectivity index (χ1v) is 10.6. The highest BCUT2D eigenvalue weighted by Crippen LogP contribution is 2.31. The molecule has 1 fully saturated rings. The number of para-hydroxylation sites is 1. The summed E-state index contributed by atoms with van der Waals surface area (Å²) in [6.07, 6.45) is 4.74. The largest absolute Gasteiger partial charge is 0.547 e. The zero-order chi connectivity index (χ0) is 21.9. The fourth-order valence-corrected chi connectivity index (χ4v) is 4.22. The van der Waals surface area contributed by atoms with E-state index in [0.29, 0.717) is 30.4 Å². The molecule has 1 unspecified atom stereocenters. The summed E-state index contributed by atoms with van der Waals surface area (Å²) < 4.78 is 5.44. The van der Waals surface area contributed by atoms with Crippen LogP contribution in [0.4, 0.5) is 0 Å². The number of carbonyl (C=O) groups is 2. The first-order valence-electron chi connectivity index (χ1n) is 10.6. The molecule has 0 spiro atoms. The quantitative estimate of drug-likeness (QED) is 0.420. The maximum atomic E-state index is 12.5. The summed E-state index contributed by atoms with van der Waals surface area (Å²) in [4.78, 5) is 23.9.